The fourth-order valence-electron chi connectivity index (χ4n) is 1.07. The van der Waals surface area contributed by atoms with E-state index in [1.165, 1.54) is 0 Å². The average molecular weight is 350 g/mol. The van der Waals surface area contributed by atoms with Crippen molar-refractivity contribution in [3.8, 4) is 0 Å². The zero-order valence-electron chi connectivity index (χ0n) is 10.6. The van der Waals surface area contributed by atoms with Crippen molar-refractivity contribution in [2.45, 2.75) is 30.1 Å². The van der Waals surface area contributed by atoms with E-state index in [0.717, 1.165) is 0 Å². The number of hydrogen-bond acceptors (Lipinski definition) is 3. The van der Waals surface area contributed by atoms with Crippen LogP contribution in [0.2, 0.25) is 0 Å². The number of ether oxygens (including phenoxy) is 2. The summed E-state index contributed by atoms with van der Waals surface area (Å²) in [5.74, 6) is -15.1. The first-order chi connectivity index (χ1) is 8.11. The van der Waals surface area contributed by atoms with Gasteiger partial charge >= 0.3 is 65.6 Å². The molecule has 1 fully saturated rings. The van der Waals surface area contributed by atoms with E-state index in [2.05, 4.69) is 9.47 Å². The number of halogens is 9. The topological polar surface area (TPSA) is 87.3 Å². The van der Waals surface area contributed by atoms with Crippen LogP contribution in [-0.4, -0.2) is 46.7 Å². The first-order valence-corrected chi connectivity index (χ1v) is 3.95. The van der Waals surface area contributed by atoms with Gasteiger partial charge in [-0.2, -0.15) is 39.5 Å². The number of carboxylic acid groups (broad SMARTS) is 1. The monoisotopic (exact) mass is 350 g/mol. The Morgan fingerprint density at radius 1 is 0.952 bits per heavy atom. The fraction of sp³-hybridized carbons (Fsp3) is 0.833. The first kappa shape index (κ1) is 23.0. The van der Waals surface area contributed by atoms with Gasteiger partial charge in [0.05, 0.1) is 0 Å². The Bertz CT molecular complexity index is 414. The minimum Gasteiger partial charge on any atom is -1.00 e. The Morgan fingerprint density at radius 3 is 1.48 bits per heavy atom. The molecule has 0 aliphatic carbocycles. The van der Waals surface area contributed by atoms with Gasteiger partial charge in [0.25, 0.3) is 0 Å². The molecular formula is C6H4F9NaO5. The van der Waals surface area contributed by atoms with Gasteiger partial charge in [0, 0.05) is 0 Å². The van der Waals surface area contributed by atoms with Gasteiger partial charge in [0.15, 0.2) is 0 Å². The summed E-state index contributed by atoms with van der Waals surface area (Å²) in [5, 5.41) is 8.09. The second kappa shape index (κ2) is 5.73. The van der Waals surface area contributed by atoms with Gasteiger partial charge < -0.3 is 12.0 Å². The SMILES string of the molecule is O.O=C(O)C1(C(F)(F)F)OC(F)(F)C(F)(C(F)(F)F)O1.[H-].[Na+]. The van der Waals surface area contributed by atoms with E-state index in [4.69, 9.17) is 5.11 Å². The predicted molar refractivity (Wildman–Crippen MR) is 38.2 cm³/mol. The molecule has 1 aliphatic rings. The average Bonchev–Trinajstić information content (AvgIpc) is 2.34. The van der Waals surface area contributed by atoms with Crippen molar-refractivity contribution in [3.63, 3.8) is 0 Å². The minimum absolute atomic E-state index is 0. The van der Waals surface area contributed by atoms with E-state index in [1.807, 2.05) is 0 Å². The van der Waals surface area contributed by atoms with Crippen molar-refractivity contribution < 1.29 is 95.3 Å². The van der Waals surface area contributed by atoms with Crippen LogP contribution < -0.4 is 29.6 Å². The van der Waals surface area contributed by atoms with Crippen molar-refractivity contribution in [1.29, 1.82) is 0 Å². The summed E-state index contributed by atoms with van der Waals surface area (Å²) in [6, 6.07) is 0. The van der Waals surface area contributed by atoms with Crippen LogP contribution in [0.4, 0.5) is 39.5 Å². The normalized spacial score (nSPS) is 32.0. The van der Waals surface area contributed by atoms with Crippen LogP contribution in [0.1, 0.15) is 1.43 Å². The Kier molecular flexibility index (Phi) is 6.28. The number of alkyl halides is 9. The van der Waals surface area contributed by atoms with Gasteiger partial charge in [-0.05, 0) is 0 Å². The maximum Gasteiger partial charge on any atom is 1.00 e. The number of carbonyl (C=O) groups is 1. The molecule has 0 bridgehead atoms. The van der Waals surface area contributed by atoms with Crippen LogP contribution in [0.5, 0.6) is 0 Å². The maximum atomic E-state index is 13.0. The minimum atomic E-state index is -6.67. The number of hydrogen-bond donors (Lipinski definition) is 1. The molecule has 2 unspecified atom stereocenters. The van der Waals surface area contributed by atoms with Crippen molar-refractivity contribution in [1.82, 2.24) is 0 Å². The summed E-state index contributed by atoms with van der Waals surface area (Å²) in [7, 11) is 0. The van der Waals surface area contributed by atoms with E-state index < -0.39 is 36.1 Å². The molecule has 1 saturated heterocycles. The summed E-state index contributed by atoms with van der Waals surface area (Å²) < 4.78 is 116. The predicted octanol–water partition coefficient (Wildman–Crippen LogP) is -1.51. The van der Waals surface area contributed by atoms with Crippen LogP contribution in [0.3, 0.4) is 0 Å². The van der Waals surface area contributed by atoms with E-state index in [9.17, 15) is 44.3 Å². The van der Waals surface area contributed by atoms with Gasteiger partial charge in [0.1, 0.15) is 0 Å². The first-order valence-electron chi connectivity index (χ1n) is 3.95. The van der Waals surface area contributed by atoms with Gasteiger partial charge in [-0.3, -0.25) is 9.47 Å². The molecule has 1 heterocycles. The number of aliphatic carboxylic acids is 1. The molecule has 2 atom stereocenters. The summed E-state index contributed by atoms with van der Waals surface area (Å²) in [6.45, 7) is 0. The van der Waals surface area contributed by atoms with E-state index >= 15 is 0 Å². The molecular weight excluding hydrogens is 346 g/mol. The van der Waals surface area contributed by atoms with Crippen molar-refractivity contribution >= 4 is 5.97 Å². The van der Waals surface area contributed by atoms with Crippen LogP contribution in [0.25, 0.3) is 0 Å². The molecule has 0 radical (unpaired) electrons. The third-order valence-corrected chi connectivity index (χ3v) is 1.95. The molecule has 0 saturated carbocycles. The van der Waals surface area contributed by atoms with Crippen molar-refractivity contribution in [3.05, 3.63) is 0 Å². The molecule has 0 spiro atoms. The largest absolute Gasteiger partial charge is 1.00 e. The molecule has 1 rings (SSSR count). The van der Waals surface area contributed by atoms with E-state index in [1.54, 1.807) is 0 Å². The maximum absolute atomic E-state index is 13.0. The summed E-state index contributed by atoms with van der Waals surface area (Å²) in [4.78, 5) is 10.2. The molecule has 15 heteroatoms. The Morgan fingerprint density at radius 2 is 1.33 bits per heavy atom. The Labute approximate surface area is 132 Å². The zero-order valence-corrected chi connectivity index (χ0v) is 11.6. The summed E-state index contributed by atoms with van der Waals surface area (Å²) in [5.41, 5.74) is 0. The van der Waals surface area contributed by atoms with Crippen LogP contribution in [0, 0.1) is 0 Å². The van der Waals surface area contributed by atoms with Gasteiger partial charge in [-0.1, -0.05) is 0 Å². The molecule has 0 aromatic carbocycles. The Balaban J connectivity index is -0.00000120. The molecule has 21 heavy (non-hydrogen) atoms. The third-order valence-electron chi connectivity index (χ3n) is 1.95. The van der Waals surface area contributed by atoms with Crippen LogP contribution >= 0.6 is 0 Å². The molecule has 0 aromatic heterocycles. The molecule has 5 nitrogen and oxygen atoms in total. The van der Waals surface area contributed by atoms with E-state index in [-0.39, 0.29) is 36.5 Å². The second-order valence-electron chi connectivity index (χ2n) is 3.23. The number of rotatable bonds is 1. The summed E-state index contributed by atoms with van der Waals surface area (Å²) >= 11 is 0. The summed E-state index contributed by atoms with van der Waals surface area (Å²) in [6.07, 6.45) is -19.3. The Hall–Kier alpha value is -0.280. The third kappa shape index (κ3) is 3.10. The molecule has 0 aromatic rings. The zero-order chi connectivity index (χ0) is 15.5. The standard InChI is InChI=1S/C6HF9O4.Na.H2O.H/c7-3(5(11,12)13)6(14,15)19-2(18-3,1(16)17)4(8,9)10;;;/h(H,16,17);;1H2;/q;+1;;-1. The quantitative estimate of drug-likeness (QED) is 0.460. The van der Waals surface area contributed by atoms with Crippen molar-refractivity contribution in [2.24, 2.45) is 0 Å². The van der Waals surface area contributed by atoms with Crippen LogP contribution in [-0.2, 0) is 14.3 Å². The number of carboxylic acids is 1. The molecule has 122 valence electrons. The van der Waals surface area contributed by atoms with Crippen molar-refractivity contribution in [2.75, 3.05) is 0 Å². The second-order valence-corrected chi connectivity index (χ2v) is 3.23. The van der Waals surface area contributed by atoms with Gasteiger partial charge in [-0.25, -0.2) is 4.79 Å². The van der Waals surface area contributed by atoms with E-state index in [0.29, 0.717) is 0 Å². The molecule has 1 aliphatic heterocycles. The van der Waals surface area contributed by atoms with Gasteiger partial charge in [0.2, 0.25) is 0 Å². The molecule has 3 N–H and O–H groups in total. The van der Waals surface area contributed by atoms with Gasteiger partial charge in [-0.15, -0.1) is 0 Å². The fourth-order valence-corrected chi connectivity index (χ4v) is 1.07. The van der Waals surface area contributed by atoms with Crippen LogP contribution in [0.15, 0.2) is 0 Å². The molecule has 0 amide bonds. The smallest absolute Gasteiger partial charge is 1.00 e.